The molecule has 1 heteroatoms. The fraction of sp³-hybridized carbons (Fsp3) is 0.800. The third-order valence-electron chi connectivity index (χ3n) is 7.92. The molecule has 0 saturated heterocycles. The Kier molecular flexibility index (Phi) is 3.16. The van der Waals surface area contributed by atoms with E-state index in [0.717, 1.165) is 36.5 Å². The normalized spacial score (nSPS) is 51.9. The Labute approximate surface area is 129 Å². The van der Waals surface area contributed by atoms with Crippen molar-refractivity contribution in [1.82, 2.24) is 0 Å². The number of allylic oxidation sites excluding steroid dienone is 4. The first-order chi connectivity index (χ1) is 10.1. The maximum absolute atomic E-state index is 11.2. The highest BCUT2D eigenvalue weighted by Gasteiger charge is 2.61. The fourth-order valence-electron chi connectivity index (χ4n) is 6.58. The Morgan fingerprint density at radius 2 is 2.05 bits per heavy atom. The first-order valence-corrected chi connectivity index (χ1v) is 9.18. The van der Waals surface area contributed by atoms with E-state index < -0.39 is 0 Å². The van der Waals surface area contributed by atoms with Crippen LogP contribution in [0.25, 0.3) is 0 Å². The minimum absolute atomic E-state index is 0.179. The van der Waals surface area contributed by atoms with Crippen LogP contribution in [0, 0.1) is 29.1 Å². The van der Waals surface area contributed by atoms with E-state index in [2.05, 4.69) is 32.1 Å². The molecule has 0 unspecified atom stereocenters. The van der Waals surface area contributed by atoms with Gasteiger partial charge in [0.05, 0.1) is 5.60 Å². The number of aliphatic hydroxyl groups is 1. The summed E-state index contributed by atoms with van der Waals surface area (Å²) >= 11 is 0. The molecule has 4 aliphatic rings. The monoisotopic (exact) mass is 286 g/mol. The lowest BCUT2D eigenvalue weighted by atomic mass is 9.51. The summed E-state index contributed by atoms with van der Waals surface area (Å²) in [5.41, 5.74) is 1.42. The van der Waals surface area contributed by atoms with E-state index in [1.165, 1.54) is 38.5 Å². The second-order valence-corrected chi connectivity index (χ2v) is 8.34. The van der Waals surface area contributed by atoms with Gasteiger partial charge in [-0.05, 0) is 86.0 Å². The van der Waals surface area contributed by atoms with Gasteiger partial charge in [0.25, 0.3) is 0 Å². The topological polar surface area (TPSA) is 20.2 Å². The molecule has 0 heterocycles. The van der Waals surface area contributed by atoms with Crippen LogP contribution in [0.1, 0.15) is 65.2 Å². The van der Waals surface area contributed by atoms with Crippen LogP contribution in [0.3, 0.4) is 0 Å². The molecule has 0 amide bonds. The molecule has 0 aromatic heterocycles. The van der Waals surface area contributed by atoms with Crippen LogP contribution >= 0.6 is 0 Å². The average Bonchev–Trinajstić information content (AvgIpc) is 2.79. The van der Waals surface area contributed by atoms with Crippen molar-refractivity contribution in [3.63, 3.8) is 0 Å². The quantitative estimate of drug-likeness (QED) is 0.729. The molecule has 2 saturated carbocycles. The van der Waals surface area contributed by atoms with Crippen molar-refractivity contribution in [3.05, 3.63) is 23.8 Å². The summed E-state index contributed by atoms with van der Waals surface area (Å²) in [5, 5.41) is 11.2. The van der Waals surface area contributed by atoms with Gasteiger partial charge in [-0.15, -0.1) is 0 Å². The predicted molar refractivity (Wildman–Crippen MR) is 86.8 cm³/mol. The molecule has 0 bridgehead atoms. The third kappa shape index (κ3) is 1.79. The summed E-state index contributed by atoms with van der Waals surface area (Å²) in [6, 6.07) is 0. The first-order valence-electron chi connectivity index (χ1n) is 9.18. The van der Waals surface area contributed by atoms with E-state index in [0.29, 0.717) is 0 Å². The van der Waals surface area contributed by atoms with Crippen LogP contribution in [-0.2, 0) is 0 Å². The van der Waals surface area contributed by atoms with E-state index in [1.54, 1.807) is 5.57 Å². The zero-order valence-electron chi connectivity index (χ0n) is 13.6. The average molecular weight is 286 g/mol. The molecule has 0 aromatic carbocycles. The number of rotatable bonds is 1. The van der Waals surface area contributed by atoms with Crippen LogP contribution in [0.15, 0.2) is 23.8 Å². The number of hydrogen-bond donors (Lipinski definition) is 1. The summed E-state index contributed by atoms with van der Waals surface area (Å²) in [4.78, 5) is 0. The van der Waals surface area contributed by atoms with E-state index in [1.807, 2.05) is 0 Å². The predicted octanol–water partition coefficient (Wildman–Crippen LogP) is 4.87. The molecule has 21 heavy (non-hydrogen) atoms. The minimum Gasteiger partial charge on any atom is -0.389 e. The lowest BCUT2D eigenvalue weighted by Gasteiger charge is -2.54. The summed E-state index contributed by atoms with van der Waals surface area (Å²) < 4.78 is 0. The molecule has 2 fully saturated rings. The number of hydrogen-bond acceptors (Lipinski definition) is 1. The smallest absolute Gasteiger partial charge is 0.0701 e. The van der Waals surface area contributed by atoms with Gasteiger partial charge < -0.3 is 5.11 Å². The Bertz CT molecular complexity index is 490. The Balaban J connectivity index is 1.67. The minimum atomic E-state index is -0.390. The molecule has 4 aliphatic carbocycles. The van der Waals surface area contributed by atoms with Crippen LogP contribution in [0.5, 0.6) is 0 Å². The standard InChI is InChI=1S/C20H30O/c1-3-20(21)13-11-18-17-9-8-14-6-4-5-7-15(14)16(17)10-12-19(18,20)2/h4,6,8,15-18,21H,3,5,7,9-13H2,1-2H3/t15-,16+,17+,18-,19-,20-/m0/s1. The largest absolute Gasteiger partial charge is 0.389 e. The Morgan fingerprint density at radius 3 is 2.86 bits per heavy atom. The molecular formula is C20H30O. The highest BCUT2D eigenvalue weighted by atomic mass is 16.3. The van der Waals surface area contributed by atoms with Crippen LogP contribution in [0.4, 0.5) is 0 Å². The molecule has 1 N–H and O–H groups in total. The van der Waals surface area contributed by atoms with Gasteiger partial charge in [-0.25, -0.2) is 0 Å². The Hall–Kier alpha value is -0.560. The van der Waals surface area contributed by atoms with Crippen molar-refractivity contribution in [3.8, 4) is 0 Å². The third-order valence-corrected chi connectivity index (χ3v) is 7.92. The molecule has 1 nitrogen and oxygen atoms in total. The van der Waals surface area contributed by atoms with Gasteiger partial charge in [0.1, 0.15) is 0 Å². The zero-order valence-corrected chi connectivity index (χ0v) is 13.6. The van der Waals surface area contributed by atoms with Crippen molar-refractivity contribution < 1.29 is 5.11 Å². The fourth-order valence-corrected chi connectivity index (χ4v) is 6.58. The van der Waals surface area contributed by atoms with Crippen molar-refractivity contribution in [2.75, 3.05) is 0 Å². The van der Waals surface area contributed by atoms with Gasteiger partial charge >= 0.3 is 0 Å². The van der Waals surface area contributed by atoms with Crippen LogP contribution < -0.4 is 0 Å². The summed E-state index contributed by atoms with van der Waals surface area (Å²) in [7, 11) is 0. The summed E-state index contributed by atoms with van der Waals surface area (Å²) in [6.07, 6.45) is 17.0. The molecule has 4 rings (SSSR count). The lowest BCUT2D eigenvalue weighted by Crippen LogP contribution is -2.51. The Morgan fingerprint density at radius 1 is 1.19 bits per heavy atom. The molecule has 6 atom stereocenters. The SMILES string of the molecule is CC[C@]1(O)CC[C@H]2[C@@H]3CC=C4C=CCC[C@@H]4[C@H]3CC[C@@]21C. The van der Waals surface area contributed by atoms with Gasteiger partial charge in [-0.2, -0.15) is 0 Å². The van der Waals surface area contributed by atoms with E-state index in [4.69, 9.17) is 0 Å². The van der Waals surface area contributed by atoms with Gasteiger partial charge in [-0.1, -0.05) is 32.1 Å². The van der Waals surface area contributed by atoms with Crippen molar-refractivity contribution in [2.45, 2.75) is 70.8 Å². The second-order valence-electron chi connectivity index (χ2n) is 8.34. The summed E-state index contributed by atoms with van der Waals surface area (Å²) in [5.74, 6) is 3.32. The first kappa shape index (κ1) is 14.1. The maximum Gasteiger partial charge on any atom is 0.0701 e. The molecule has 0 aromatic rings. The second kappa shape index (κ2) is 4.72. The molecule has 0 radical (unpaired) electrons. The van der Waals surface area contributed by atoms with Crippen molar-refractivity contribution in [2.24, 2.45) is 29.1 Å². The van der Waals surface area contributed by atoms with E-state index >= 15 is 0 Å². The van der Waals surface area contributed by atoms with E-state index in [-0.39, 0.29) is 11.0 Å². The molecule has 0 spiro atoms. The summed E-state index contributed by atoms with van der Waals surface area (Å²) in [6.45, 7) is 4.59. The van der Waals surface area contributed by atoms with Gasteiger partial charge in [0.2, 0.25) is 0 Å². The highest BCUT2D eigenvalue weighted by molar-refractivity contribution is 5.29. The van der Waals surface area contributed by atoms with E-state index in [9.17, 15) is 5.11 Å². The van der Waals surface area contributed by atoms with Gasteiger partial charge in [-0.3, -0.25) is 0 Å². The van der Waals surface area contributed by atoms with Crippen LogP contribution in [0.2, 0.25) is 0 Å². The molecule has 0 aliphatic heterocycles. The molecular weight excluding hydrogens is 256 g/mol. The number of fused-ring (bicyclic) bond motifs is 5. The van der Waals surface area contributed by atoms with Gasteiger partial charge in [0.15, 0.2) is 0 Å². The highest BCUT2D eigenvalue weighted by Crippen LogP contribution is 2.64. The van der Waals surface area contributed by atoms with Gasteiger partial charge in [0, 0.05) is 0 Å². The maximum atomic E-state index is 11.2. The zero-order chi connectivity index (χ0) is 14.7. The van der Waals surface area contributed by atoms with Crippen molar-refractivity contribution >= 4 is 0 Å². The lowest BCUT2D eigenvalue weighted by molar-refractivity contribution is -0.115. The van der Waals surface area contributed by atoms with Crippen LogP contribution in [-0.4, -0.2) is 10.7 Å². The molecule has 116 valence electrons. The van der Waals surface area contributed by atoms with Crippen molar-refractivity contribution in [1.29, 1.82) is 0 Å².